The Bertz CT molecular complexity index is 1480. The van der Waals surface area contributed by atoms with Crippen LogP contribution in [0.25, 0.3) is 0 Å². The summed E-state index contributed by atoms with van der Waals surface area (Å²) in [6, 6.07) is 20.0. The molecule has 42 heavy (non-hydrogen) atoms. The average molecular weight is 651 g/mol. The highest BCUT2D eigenvalue weighted by Crippen LogP contribution is 2.29. The smallest absolute Gasteiger partial charge is 0.244 e. The fraction of sp³-hybridized carbons (Fsp3) is 0.355. The molecule has 4 rings (SSSR count). The summed E-state index contributed by atoms with van der Waals surface area (Å²) in [6.45, 7) is -0.461. The van der Waals surface area contributed by atoms with Gasteiger partial charge < -0.3 is 10.2 Å². The predicted octanol–water partition coefficient (Wildman–Crippen LogP) is 6.50. The summed E-state index contributed by atoms with van der Waals surface area (Å²) >= 11 is 18.4. The highest BCUT2D eigenvalue weighted by Gasteiger charge is 2.34. The van der Waals surface area contributed by atoms with Crippen molar-refractivity contribution in [3.05, 3.63) is 99.0 Å². The molecule has 1 N–H and O–H groups in total. The van der Waals surface area contributed by atoms with E-state index >= 15 is 0 Å². The lowest BCUT2D eigenvalue weighted by molar-refractivity contribution is -0.140. The SMILES string of the molecule is CS(=O)(=O)N(CC(=O)N(Cc1ccc(Cl)cc1)[C@@H](Cc1ccccc1)C(=O)NC1CCCCC1)c1ccc(Cl)c(Cl)c1. The molecule has 1 fully saturated rings. The number of hydrogen-bond donors (Lipinski definition) is 1. The fourth-order valence-electron chi connectivity index (χ4n) is 5.14. The van der Waals surface area contributed by atoms with Gasteiger partial charge in [0, 0.05) is 24.0 Å². The van der Waals surface area contributed by atoms with Crippen molar-refractivity contribution in [2.24, 2.45) is 0 Å². The van der Waals surface area contributed by atoms with Gasteiger partial charge in [0.05, 0.1) is 22.0 Å². The monoisotopic (exact) mass is 649 g/mol. The Labute approximate surface area is 262 Å². The third-order valence-corrected chi connectivity index (χ3v) is 9.49. The standard InChI is InChI=1S/C31H34Cl3N3O4S/c1-42(40,41)37(26-16-17-27(33)28(34)19-26)21-30(38)36(20-23-12-14-24(32)15-13-23)29(18-22-8-4-2-5-9-22)31(39)35-25-10-6-3-7-11-25/h2,4-5,8-9,12-17,19,25,29H,3,6-7,10-11,18,20-21H2,1H3,(H,35,39)/t29-/m0/s1. The lowest BCUT2D eigenvalue weighted by Gasteiger charge is -2.35. The summed E-state index contributed by atoms with van der Waals surface area (Å²) in [7, 11) is -3.92. The quantitative estimate of drug-likeness (QED) is 0.257. The van der Waals surface area contributed by atoms with Gasteiger partial charge in [-0.1, -0.05) is 96.5 Å². The number of rotatable bonds is 11. The number of hydrogen-bond acceptors (Lipinski definition) is 4. The summed E-state index contributed by atoms with van der Waals surface area (Å²) in [5.41, 5.74) is 1.81. The van der Waals surface area contributed by atoms with Crippen molar-refractivity contribution < 1.29 is 18.0 Å². The molecule has 7 nitrogen and oxygen atoms in total. The van der Waals surface area contributed by atoms with Gasteiger partial charge in [-0.3, -0.25) is 13.9 Å². The van der Waals surface area contributed by atoms with Crippen LogP contribution in [0.5, 0.6) is 0 Å². The fourth-order valence-corrected chi connectivity index (χ4v) is 6.40. The van der Waals surface area contributed by atoms with Crippen molar-refractivity contribution in [1.29, 1.82) is 0 Å². The molecule has 0 saturated heterocycles. The molecule has 0 spiro atoms. The number of amides is 2. The highest BCUT2D eigenvalue weighted by molar-refractivity contribution is 7.92. The maximum Gasteiger partial charge on any atom is 0.244 e. The van der Waals surface area contributed by atoms with E-state index in [0.717, 1.165) is 53.8 Å². The Balaban J connectivity index is 1.72. The first kappa shape index (κ1) is 32.1. The molecule has 11 heteroatoms. The van der Waals surface area contributed by atoms with E-state index in [-0.39, 0.29) is 40.6 Å². The molecule has 0 bridgehead atoms. The van der Waals surface area contributed by atoms with Gasteiger partial charge in [-0.25, -0.2) is 8.42 Å². The van der Waals surface area contributed by atoms with Gasteiger partial charge in [0.15, 0.2) is 0 Å². The third-order valence-electron chi connectivity index (χ3n) is 7.36. The number of carbonyl (C=O) groups excluding carboxylic acids is 2. The van der Waals surface area contributed by atoms with Gasteiger partial charge in [-0.2, -0.15) is 0 Å². The molecule has 0 radical (unpaired) electrons. The summed E-state index contributed by atoms with van der Waals surface area (Å²) < 4.78 is 26.8. The van der Waals surface area contributed by atoms with Crippen LogP contribution in [0.1, 0.15) is 43.2 Å². The zero-order valence-corrected chi connectivity index (χ0v) is 26.4. The van der Waals surface area contributed by atoms with Crippen molar-refractivity contribution in [3.63, 3.8) is 0 Å². The lowest BCUT2D eigenvalue weighted by Crippen LogP contribution is -2.55. The summed E-state index contributed by atoms with van der Waals surface area (Å²) in [5, 5.41) is 4.13. The number of anilines is 1. The van der Waals surface area contributed by atoms with Gasteiger partial charge in [0.2, 0.25) is 21.8 Å². The van der Waals surface area contributed by atoms with E-state index in [0.29, 0.717) is 5.02 Å². The zero-order valence-electron chi connectivity index (χ0n) is 23.3. The van der Waals surface area contributed by atoms with Crippen molar-refractivity contribution in [2.45, 2.75) is 57.2 Å². The van der Waals surface area contributed by atoms with Gasteiger partial charge in [0.1, 0.15) is 12.6 Å². The van der Waals surface area contributed by atoms with E-state index in [9.17, 15) is 18.0 Å². The van der Waals surface area contributed by atoms with Crippen LogP contribution in [0.2, 0.25) is 15.1 Å². The Morgan fingerprint density at radius 3 is 2.17 bits per heavy atom. The second-order valence-corrected chi connectivity index (χ2v) is 13.7. The number of nitrogens with zero attached hydrogens (tertiary/aromatic N) is 2. The minimum Gasteiger partial charge on any atom is -0.352 e. The molecular formula is C31H34Cl3N3O4S. The summed E-state index contributed by atoms with van der Waals surface area (Å²) in [6.07, 6.45) is 6.25. The van der Waals surface area contributed by atoms with E-state index in [1.54, 1.807) is 24.3 Å². The highest BCUT2D eigenvalue weighted by atomic mass is 35.5. The van der Waals surface area contributed by atoms with Crippen LogP contribution >= 0.6 is 34.8 Å². The summed E-state index contributed by atoms with van der Waals surface area (Å²) in [4.78, 5) is 29.6. The van der Waals surface area contributed by atoms with Crippen molar-refractivity contribution in [1.82, 2.24) is 10.2 Å². The minimum atomic E-state index is -3.92. The third kappa shape index (κ3) is 8.86. The molecular weight excluding hydrogens is 617 g/mol. The Hall–Kier alpha value is -2.78. The van der Waals surface area contributed by atoms with E-state index in [1.165, 1.54) is 23.1 Å². The molecule has 1 aliphatic rings. The van der Waals surface area contributed by atoms with Gasteiger partial charge in [0.25, 0.3) is 0 Å². The molecule has 0 aromatic heterocycles. The Morgan fingerprint density at radius 1 is 0.881 bits per heavy atom. The molecule has 0 aliphatic heterocycles. The second kappa shape index (κ2) is 14.6. The maximum absolute atomic E-state index is 14.2. The van der Waals surface area contributed by atoms with E-state index < -0.39 is 28.5 Å². The van der Waals surface area contributed by atoms with Crippen LogP contribution < -0.4 is 9.62 Å². The minimum absolute atomic E-state index is 0.0285. The van der Waals surface area contributed by atoms with Crippen LogP contribution in [0.3, 0.4) is 0 Å². The molecule has 1 aliphatic carbocycles. The number of sulfonamides is 1. The molecule has 2 amide bonds. The normalized spacial score (nSPS) is 14.7. The number of halogens is 3. The first-order valence-electron chi connectivity index (χ1n) is 13.8. The Kier molecular flexibility index (Phi) is 11.2. The maximum atomic E-state index is 14.2. The average Bonchev–Trinajstić information content (AvgIpc) is 2.96. The summed E-state index contributed by atoms with van der Waals surface area (Å²) in [5.74, 6) is -0.810. The number of carbonyl (C=O) groups is 2. The molecule has 1 saturated carbocycles. The van der Waals surface area contributed by atoms with Crippen LogP contribution in [0.15, 0.2) is 72.8 Å². The molecule has 224 valence electrons. The van der Waals surface area contributed by atoms with Gasteiger partial charge >= 0.3 is 0 Å². The van der Waals surface area contributed by atoms with Crippen LogP contribution in [-0.4, -0.2) is 50.0 Å². The molecule has 3 aromatic carbocycles. The topological polar surface area (TPSA) is 86.8 Å². The van der Waals surface area contributed by atoms with Crippen LogP contribution in [-0.2, 0) is 32.6 Å². The van der Waals surface area contributed by atoms with Crippen molar-refractivity contribution in [3.8, 4) is 0 Å². The van der Waals surface area contributed by atoms with E-state index in [4.69, 9.17) is 34.8 Å². The largest absolute Gasteiger partial charge is 0.352 e. The van der Waals surface area contributed by atoms with Gasteiger partial charge in [-0.15, -0.1) is 0 Å². The molecule has 1 atom stereocenters. The first-order valence-corrected chi connectivity index (χ1v) is 16.8. The lowest BCUT2D eigenvalue weighted by atomic mass is 9.94. The van der Waals surface area contributed by atoms with Crippen LogP contribution in [0, 0.1) is 0 Å². The molecule has 0 heterocycles. The van der Waals surface area contributed by atoms with E-state index in [2.05, 4.69) is 5.32 Å². The van der Waals surface area contributed by atoms with Crippen molar-refractivity contribution in [2.75, 3.05) is 17.1 Å². The van der Waals surface area contributed by atoms with Crippen molar-refractivity contribution >= 4 is 62.3 Å². The van der Waals surface area contributed by atoms with Gasteiger partial charge in [-0.05, 0) is 54.3 Å². The molecule has 0 unspecified atom stereocenters. The predicted molar refractivity (Wildman–Crippen MR) is 170 cm³/mol. The number of nitrogens with one attached hydrogen (secondary N) is 1. The Morgan fingerprint density at radius 2 is 1.55 bits per heavy atom. The van der Waals surface area contributed by atoms with Crippen LogP contribution in [0.4, 0.5) is 5.69 Å². The first-order chi connectivity index (χ1) is 20.0. The molecule has 3 aromatic rings. The van der Waals surface area contributed by atoms with E-state index in [1.807, 2.05) is 30.3 Å². The second-order valence-electron chi connectivity index (χ2n) is 10.6. The zero-order chi connectivity index (χ0) is 30.3. The number of benzene rings is 3.